The number of hydrogen-bond acceptors (Lipinski definition) is 5. The van der Waals surface area contributed by atoms with E-state index in [1.54, 1.807) is 23.2 Å². The Morgan fingerprint density at radius 1 is 1.16 bits per heavy atom. The second kappa shape index (κ2) is 4.01. The molecule has 94 valence electrons. The molecule has 3 aromatic heterocycles. The van der Waals surface area contributed by atoms with Crippen LogP contribution in [-0.4, -0.2) is 30.8 Å². The third-order valence-corrected chi connectivity index (χ3v) is 3.15. The van der Waals surface area contributed by atoms with E-state index in [9.17, 15) is 0 Å². The SMILES string of the molecule is c1cnn2ncc(-c3ccnc(NC4CC4)n3)c2c1. The van der Waals surface area contributed by atoms with E-state index in [4.69, 9.17) is 0 Å². The van der Waals surface area contributed by atoms with Crippen LogP contribution < -0.4 is 5.32 Å². The van der Waals surface area contributed by atoms with Gasteiger partial charge in [-0.1, -0.05) is 0 Å². The fraction of sp³-hybridized carbons (Fsp3) is 0.231. The second-order valence-corrected chi connectivity index (χ2v) is 4.64. The van der Waals surface area contributed by atoms with E-state index >= 15 is 0 Å². The van der Waals surface area contributed by atoms with E-state index in [0.717, 1.165) is 16.8 Å². The first-order chi connectivity index (χ1) is 9.40. The topological polar surface area (TPSA) is 68.0 Å². The van der Waals surface area contributed by atoms with Gasteiger partial charge < -0.3 is 5.32 Å². The summed E-state index contributed by atoms with van der Waals surface area (Å²) in [5.41, 5.74) is 2.77. The van der Waals surface area contributed by atoms with Gasteiger partial charge in [0.05, 0.1) is 17.4 Å². The van der Waals surface area contributed by atoms with E-state index in [1.807, 2.05) is 18.2 Å². The monoisotopic (exact) mass is 252 g/mol. The lowest BCUT2D eigenvalue weighted by Crippen LogP contribution is -2.05. The Bertz CT molecular complexity index is 731. The molecule has 1 fully saturated rings. The predicted octanol–water partition coefficient (Wildman–Crippen LogP) is 1.76. The van der Waals surface area contributed by atoms with Gasteiger partial charge in [0.25, 0.3) is 0 Å². The molecule has 0 saturated heterocycles. The maximum absolute atomic E-state index is 4.54. The highest BCUT2D eigenvalue weighted by Crippen LogP contribution is 2.25. The van der Waals surface area contributed by atoms with Gasteiger partial charge in [-0.25, -0.2) is 9.97 Å². The molecule has 0 atom stereocenters. The highest BCUT2D eigenvalue weighted by atomic mass is 15.4. The predicted molar refractivity (Wildman–Crippen MR) is 70.7 cm³/mol. The summed E-state index contributed by atoms with van der Waals surface area (Å²) in [6.45, 7) is 0. The lowest BCUT2D eigenvalue weighted by molar-refractivity contribution is 0.800. The molecule has 0 amide bonds. The summed E-state index contributed by atoms with van der Waals surface area (Å²) in [7, 11) is 0. The molecule has 3 heterocycles. The molecular formula is C13H12N6. The molecule has 0 spiro atoms. The summed E-state index contributed by atoms with van der Waals surface area (Å²) >= 11 is 0. The molecule has 0 bridgehead atoms. The number of hydrogen-bond donors (Lipinski definition) is 1. The zero-order valence-corrected chi connectivity index (χ0v) is 10.2. The van der Waals surface area contributed by atoms with E-state index in [2.05, 4.69) is 25.5 Å². The Labute approximate surface area is 109 Å². The van der Waals surface area contributed by atoms with Gasteiger partial charge in [-0.05, 0) is 31.0 Å². The van der Waals surface area contributed by atoms with Gasteiger partial charge in [-0.3, -0.25) is 0 Å². The zero-order valence-electron chi connectivity index (χ0n) is 10.2. The van der Waals surface area contributed by atoms with Crippen LogP contribution in [0.1, 0.15) is 12.8 Å². The van der Waals surface area contributed by atoms with E-state index < -0.39 is 0 Å². The number of aromatic nitrogens is 5. The van der Waals surface area contributed by atoms with Crippen LogP contribution in [0.4, 0.5) is 5.95 Å². The van der Waals surface area contributed by atoms with Crippen molar-refractivity contribution < 1.29 is 0 Å². The molecule has 6 heteroatoms. The Balaban J connectivity index is 1.78. The van der Waals surface area contributed by atoms with Gasteiger partial charge in [-0.2, -0.15) is 14.8 Å². The van der Waals surface area contributed by atoms with Crippen LogP contribution in [0.2, 0.25) is 0 Å². The number of anilines is 1. The van der Waals surface area contributed by atoms with Crippen LogP contribution >= 0.6 is 0 Å². The lowest BCUT2D eigenvalue weighted by Gasteiger charge is -2.04. The number of nitrogens with zero attached hydrogens (tertiary/aromatic N) is 5. The van der Waals surface area contributed by atoms with Crippen molar-refractivity contribution in [2.24, 2.45) is 0 Å². The van der Waals surface area contributed by atoms with Gasteiger partial charge in [-0.15, -0.1) is 0 Å². The van der Waals surface area contributed by atoms with Gasteiger partial charge in [0.2, 0.25) is 5.95 Å². The van der Waals surface area contributed by atoms with Crippen LogP contribution in [0, 0.1) is 0 Å². The van der Waals surface area contributed by atoms with Crippen LogP contribution in [0.15, 0.2) is 36.8 Å². The van der Waals surface area contributed by atoms with Crippen molar-refractivity contribution in [1.82, 2.24) is 24.8 Å². The average Bonchev–Trinajstić information content (AvgIpc) is 3.16. The van der Waals surface area contributed by atoms with Gasteiger partial charge >= 0.3 is 0 Å². The molecule has 1 aliphatic rings. The summed E-state index contributed by atoms with van der Waals surface area (Å²) in [6.07, 6.45) is 7.67. The van der Waals surface area contributed by atoms with Crippen molar-refractivity contribution in [2.75, 3.05) is 5.32 Å². The van der Waals surface area contributed by atoms with Crippen LogP contribution in [0.5, 0.6) is 0 Å². The average molecular weight is 252 g/mol. The number of fused-ring (bicyclic) bond motifs is 1. The fourth-order valence-electron chi connectivity index (χ4n) is 2.02. The summed E-state index contributed by atoms with van der Waals surface area (Å²) in [5, 5.41) is 11.7. The maximum Gasteiger partial charge on any atom is 0.223 e. The molecule has 1 N–H and O–H groups in total. The molecule has 4 rings (SSSR count). The van der Waals surface area contributed by atoms with Crippen molar-refractivity contribution in [3.8, 4) is 11.3 Å². The zero-order chi connectivity index (χ0) is 12.7. The molecule has 0 radical (unpaired) electrons. The van der Waals surface area contributed by atoms with Crippen LogP contribution in [0.3, 0.4) is 0 Å². The minimum atomic E-state index is 0.542. The van der Waals surface area contributed by atoms with Crippen molar-refractivity contribution in [1.29, 1.82) is 0 Å². The highest BCUT2D eigenvalue weighted by molar-refractivity contribution is 5.77. The Morgan fingerprint density at radius 3 is 3.00 bits per heavy atom. The van der Waals surface area contributed by atoms with Crippen molar-refractivity contribution in [3.05, 3.63) is 36.8 Å². The van der Waals surface area contributed by atoms with E-state index in [1.165, 1.54) is 12.8 Å². The first-order valence-corrected chi connectivity index (χ1v) is 6.29. The largest absolute Gasteiger partial charge is 0.351 e. The quantitative estimate of drug-likeness (QED) is 0.769. The van der Waals surface area contributed by atoms with Crippen molar-refractivity contribution >= 4 is 11.5 Å². The van der Waals surface area contributed by atoms with Crippen LogP contribution in [-0.2, 0) is 0 Å². The highest BCUT2D eigenvalue weighted by Gasteiger charge is 2.22. The first kappa shape index (κ1) is 10.4. The van der Waals surface area contributed by atoms with Gasteiger partial charge in [0.15, 0.2) is 0 Å². The molecule has 0 aromatic carbocycles. The second-order valence-electron chi connectivity index (χ2n) is 4.64. The first-order valence-electron chi connectivity index (χ1n) is 6.29. The summed E-state index contributed by atoms with van der Waals surface area (Å²) in [6, 6.07) is 6.30. The molecule has 0 aliphatic heterocycles. The minimum Gasteiger partial charge on any atom is -0.351 e. The number of rotatable bonds is 3. The third-order valence-electron chi connectivity index (χ3n) is 3.15. The smallest absolute Gasteiger partial charge is 0.223 e. The lowest BCUT2D eigenvalue weighted by atomic mass is 10.2. The molecular weight excluding hydrogens is 240 g/mol. The van der Waals surface area contributed by atoms with E-state index in [0.29, 0.717) is 12.0 Å². The van der Waals surface area contributed by atoms with Gasteiger partial charge in [0.1, 0.15) is 0 Å². The molecule has 3 aromatic rings. The number of nitrogens with one attached hydrogen (secondary N) is 1. The Hall–Kier alpha value is -2.50. The molecule has 0 unspecified atom stereocenters. The maximum atomic E-state index is 4.54. The van der Waals surface area contributed by atoms with Gasteiger partial charge in [0, 0.05) is 24.0 Å². The summed E-state index contributed by atoms with van der Waals surface area (Å²) < 4.78 is 1.60. The third kappa shape index (κ3) is 1.91. The summed E-state index contributed by atoms with van der Waals surface area (Å²) in [5.74, 6) is 0.684. The van der Waals surface area contributed by atoms with Crippen LogP contribution in [0.25, 0.3) is 16.8 Å². The fourth-order valence-corrected chi connectivity index (χ4v) is 2.02. The van der Waals surface area contributed by atoms with Crippen molar-refractivity contribution in [2.45, 2.75) is 18.9 Å². The Kier molecular flexibility index (Phi) is 2.20. The summed E-state index contributed by atoms with van der Waals surface area (Å²) in [4.78, 5) is 8.79. The molecule has 1 saturated carbocycles. The molecule has 1 aliphatic carbocycles. The minimum absolute atomic E-state index is 0.542. The standard InChI is InChI=1S/C13H12N6/c1-2-12-10(8-16-19(12)15-6-1)11-5-7-14-13(18-11)17-9-3-4-9/h1-2,5-9H,3-4H2,(H,14,17,18). The molecule has 6 nitrogen and oxygen atoms in total. The van der Waals surface area contributed by atoms with E-state index in [-0.39, 0.29) is 0 Å². The van der Waals surface area contributed by atoms with Crippen molar-refractivity contribution in [3.63, 3.8) is 0 Å². The molecule has 19 heavy (non-hydrogen) atoms. The Morgan fingerprint density at radius 2 is 2.11 bits per heavy atom. The normalized spacial score (nSPS) is 14.7.